The molecule has 1 rings (SSSR count). The molecule has 0 amide bonds. The normalized spacial score (nSPS) is 18.7. The van der Waals surface area contributed by atoms with Gasteiger partial charge in [-0.15, -0.1) is 0 Å². The van der Waals surface area contributed by atoms with E-state index in [-0.39, 0.29) is 0 Å². The molecule has 0 aromatic carbocycles. The predicted molar refractivity (Wildman–Crippen MR) is 105 cm³/mol. The molecule has 1 heteroatoms. The molecular formula is C21H43Sn. The summed E-state index contributed by atoms with van der Waals surface area (Å²) < 4.78 is 7.30. The Morgan fingerprint density at radius 3 is 1.32 bits per heavy atom. The molecule has 1 fully saturated rings. The van der Waals surface area contributed by atoms with Gasteiger partial charge in [0.1, 0.15) is 0 Å². The zero-order valence-electron chi connectivity index (χ0n) is 16.0. The van der Waals surface area contributed by atoms with E-state index in [1.165, 1.54) is 77.0 Å². The van der Waals surface area contributed by atoms with Crippen molar-refractivity contribution in [1.29, 1.82) is 0 Å². The van der Waals surface area contributed by atoms with Crippen molar-refractivity contribution in [3.63, 3.8) is 0 Å². The SMILES string of the molecule is CCC[CH2][Sn]([CH2]CCC)([CH2]CCC)[C]1CCCCCCCC1. The van der Waals surface area contributed by atoms with E-state index in [4.69, 9.17) is 0 Å². The Kier molecular flexibility index (Phi) is 12.4. The van der Waals surface area contributed by atoms with E-state index in [9.17, 15) is 0 Å². The third-order valence-corrected chi connectivity index (χ3v) is 22.9. The topological polar surface area (TPSA) is 0 Å². The third kappa shape index (κ3) is 7.58. The van der Waals surface area contributed by atoms with Gasteiger partial charge < -0.3 is 0 Å². The Morgan fingerprint density at radius 1 is 0.591 bits per heavy atom. The molecule has 0 nitrogen and oxygen atoms in total. The van der Waals surface area contributed by atoms with E-state index in [2.05, 4.69) is 24.7 Å². The first kappa shape index (κ1) is 20.8. The van der Waals surface area contributed by atoms with E-state index in [0.717, 1.165) is 0 Å². The molecule has 0 unspecified atom stereocenters. The van der Waals surface area contributed by atoms with Crippen molar-refractivity contribution in [1.82, 2.24) is 0 Å². The molecule has 0 N–H and O–H groups in total. The number of rotatable bonds is 10. The summed E-state index contributed by atoms with van der Waals surface area (Å²) >= 11 is -2.01. The van der Waals surface area contributed by atoms with Crippen LogP contribution < -0.4 is 0 Å². The van der Waals surface area contributed by atoms with Gasteiger partial charge in [0.25, 0.3) is 0 Å². The molecule has 1 aliphatic carbocycles. The average Bonchev–Trinajstić information content (AvgIpc) is 2.69. The van der Waals surface area contributed by atoms with Crippen LogP contribution in [0.25, 0.3) is 0 Å². The van der Waals surface area contributed by atoms with Gasteiger partial charge in [0.05, 0.1) is 0 Å². The minimum atomic E-state index is -2.01. The van der Waals surface area contributed by atoms with Gasteiger partial charge in [0.15, 0.2) is 0 Å². The molecule has 131 valence electrons. The Hall–Kier alpha value is 0.799. The van der Waals surface area contributed by atoms with Gasteiger partial charge in [-0.1, -0.05) is 0 Å². The Bertz CT molecular complexity index is 217. The predicted octanol–water partition coefficient (Wildman–Crippen LogP) is 8.08. The van der Waals surface area contributed by atoms with Crippen molar-refractivity contribution in [3.05, 3.63) is 3.93 Å². The van der Waals surface area contributed by atoms with Crippen molar-refractivity contribution in [2.24, 2.45) is 0 Å². The van der Waals surface area contributed by atoms with Crippen LogP contribution in [0.15, 0.2) is 0 Å². The first-order valence-electron chi connectivity index (χ1n) is 10.6. The molecule has 0 heterocycles. The van der Waals surface area contributed by atoms with E-state index in [1.807, 2.05) is 0 Å². The first-order chi connectivity index (χ1) is 10.8. The van der Waals surface area contributed by atoms with Gasteiger partial charge in [0.2, 0.25) is 0 Å². The fraction of sp³-hybridized carbons (Fsp3) is 0.952. The molecular weight excluding hydrogens is 371 g/mol. The van der Waals surface area contributed by atoms with Crippen LogP contribution in [0.4, 0.5) is 0 Å². The van der Waals surface area contributed by atoms with Crippen LogP contribution in [0.3, 0.4) is 0 Å². The van der Waals surface area contributed by atoms with Crippen LogP contribution in [0.2, 0.25) is 13.3 Å². The molecule has 1 aliphatic rings. The van der Waals surface area contributed by atoms with Crippen LogP contribution in [-0.2, 0) is 0 Å². The molecule has 0 saturated heterocycles. The van der Waals surface area contributed by atoms with Crippen LogP contribution in [-0.4, -0.2) is 18.4 Å². The maximum atomic E-state index is 2.41. The third-order valence-electron chi connectivity index (χ3n) is 5.98. The first-order valence-corrected chi connectivity index (χ1v) is 18.1. The van der Waals surface area contributed by atoms with Gasteiger partial charge >= 0.3 is 146 Å². The van der Waals surface area contributed by atoms with Crippen molar-refractivity contribution in [2.75, 3.05) is 0 Å². The zero-order chi connectivity index (χ0) is 16.1. The quantitative estimate of drug-likeness (QED) is 0.317. The number of hydrogen-bond donors (Lipinski definition) is 0. The van der Waals surface area contributed by atoms with E-state index >= 15 is 0 Å². The van der Waals surface area contributed by atoms with Crippen LogP contribution in [0.5, 0.6) is 0 Å². The monoisotopic (exact) mass is 415 g/mol. The Balaban J connectivity index is 2.83. The van der Waals surface area contributed by atoms with Crippen molar-refractivity contribution >= 4 is 18.4 Å². The second kappa shape index (κ2) is 13.1. The summed E-state index contributed by atoms with van der Waals surface area (Å²) in [6.45, 7) is 7.22. The van der Waals surface area contributed by atoms with E-state index < -0.39 is 18.4 Å². The summed E-state index contributed by atoms with van der Waals surface area (Å²) in [6, 6.07) is 0. The summed E-state index contributed by atoms with van der Waals surface area (Å²) in [4.78, 5) is 0. The summed E-state index contributed by atoms with van der Waals surface area (Å²) in [7, 11) is 0. The van der Waals surface area contributed by atoms with Crippen LogP contribution in [0.1, 0.15) is 111 Å². The molecule has 0 spiro atoms. The molecule has 1 saturated carbocycles. The maximum absolute atomic E-state index is 2.41. The summed E-state index contributed by atoms with van der Waals surface area (Å²) in [5.41, 5.74) is 0. The standard InChI is InChI=1S/C9H16.3C4H9.Sn/c1-2-4-6-8-9-7-5-3-1;3*1-3-4-2;/h1-8H2;3*1,3-4H2,2H3;. The average molecular weight is 414 g/mol. The van der Waals surface area contributed by atoms with Crippen molar-refractivity contribution in [2.45, 2.75) is 124 Å². The van der Waals surface area contributed by atoms with Crippen LogP contribution >= 0.6 is 0 Å². The van der Waals surface area contributed by atoms with Gasteiger partial charge in [-0.3, -0.25) is 0 Å². The van der Waals surface area contributed by atoms with Crippen LogP contribution in [0, 0.1) is 3.93 Å². The minimum absolute atomic E-state index is 1.42. The van der Waals surface area contributed by atoms with Gasteiger partial charge in [-0.2, -0.15) is 0 Å². The second-order valence-electron chi connectivity index (χ2n) is 7.82. The van der Waals surface area contributed by atoms with Crippen molar-refractivity contribution < 1.29 is 0 Å². The summed E-state index contributed by atoms with van der Waals surface area (Å²) in [5, 5.41) is 0. The van der Waals surface area contributed by atoms with E-state index in [1.54, 1.807) is 26.2 Å². The molecule has 0 atom stereocenters. The zero-order valence-corrected chi connectivity index (χ0v) is 18.9. The Morgan fingerprint density at radius 2 is 0.955 bits per heavy atom. The second-order valence-corrected chi connectivity index (χ2v) is 21.4. The molecule has 22 heavy (non-hydrogen) atoms. The fourth-order valence-corrected chi connectivity index (χ4v) is 22.5. The number of hydrogen-bond acceptors (Lipinski definition) is 0. The van der Waals surface area contributed by atoms with Gasteiger partial charge in [-0.25, -0.2) is 0 Å². The molecule has 0 aromatic rings. The molecule has 1 radical (unpaired) electrons. The molecule has 0 aromatic heterocycles. The number of unbranched alkanes of at least 4 members (excludes halogenated alkanes) is 3. The van der Waals surface area contributed by atoms with Gasteiger partial charge in [0, 0.05) is 0 Å². The van der Waals surface area contributed by atoms with E-state index in [0.29, 0.717) is 0 Å². The Labute approximate surface area is 146 Å². The molecule has 0 aliphatic heterocycles. The fourth-order valence-electron chi connectivity index (χ4n) is 4.49. The summed E-state index contributed by atoms with van der Waals surface area (Å²) in [5.74, 6) is 0. The summed E-state index contributed by atoms with van der Waals surface area (Å²) in [6.07, 6.45) is 21.1. The van der Waals surface area contributed by atoms with Gasteiger partial charge in [-0.05, 0) is 0 Å². The van der Waals surface area contributed by atoms with Crippen molar-refractivity contribution in [3.8, 4) is 0 Å². The molecule has 0 bridgehead atoms.